The van der Waals surface area contributed by atoms with Gasteiger partial charge in [0.15, 0.2) is 4.34 Å². The van der Waals surface area contributed by atoms with Gasteiger partial charge in [-0.3, -0.25) is 0 Å². The van der Waals surface area contributed by atoms with Crippen molar-refractivity contribution in [3.8, 4) is 0 Å². The Balaban J connectivity index is 2.25. The molecule has 3 nitrogen and oxygen atoms in total. The predicted octanol–water partition coefficient (Wildman–Crippen LogP) is 2.55. The van der Waals surface area contributed by atoms with Crippen LogP contribution in [0.4, 0.5) is 4.39 Å². The lowest BCUT2D eigenvalue weighted by molar-refractivity contribution is 0.621. The van der Waals surface area contributed by atoms with E-state index in [-0.39, 0.29) is 5.82 Å². The standard InChI is InChI=1S/C10H10FN3S2/c1-12-5-7-4-8(11)2-3-9(7)15-10-13-6-14-16-10/h2-4,6,12H,5H2,1H3. The molecule has 1 heterocycles. The van der Waals surface area contributed by atoms with Gasteiger partial charge in [-0.15, -0.1) is 0 Å². The van der Waals surface area contributed by atoms with Gasteiger partial charge < -0.3 is 5.32 Å². The molecule has 1 aromatic heterocycles. The van der Waals surface area contributed by atoms with Crippen LogP contribution in [-0.4, -0.2) is 16.4 Å². The molecule has 0 amide bonds. The smallest absolute Gasteiger partial charge is 0.174 e. The van der Waals surface area contributed by atoms with Crippen molar-refractivity contribution in [2.24, 2.45) is 0 Å². The quantitative estimate of drug-likeness (QED) is 0.911. The second-order valence-electron chi connectivity index (χ2n) is 3.09. The second kappa shape index (κ2) is 5.38. The van der Waals surface area contributed by atoms with Crippen LogP contribution in [0.3, 0.4) is 0 Å². The summed E-state index contributed by atoms with van der Waals surface area (Å²) in [5.41, 5.74) is 0.933. The fourth-order valence-corrected chi connectivity index (χ4v) is 2.79. The van der Waals surface area contributed by atoms with Crippen molar-refractivity contribution in [3.05, 3.63) is 35.9 Å². The first-order chi connectivity index (χ1) is 7.79. The van der Waals surface area contributed by atoms with Crippen molar-refractivity contribution in [1.82, 2.24) is 14.7 Å². The topological polar surface area (TPSA) is 37.8 Å². The zero-order valence-electron chi connectivity index (χ0n) is 8.61. The summed E-state index contributed by atoms with van der Waals surface area (Å²) >= 11 is 2.84. The molecule has 16 heavy (non-hydrogen) atoms. The Bertz CT molecular complexity index is 459. The molecular formula is C10H10FN3S2. The van der Waals surface area contributed by atoms with Gasteiger partial charge in [-0.2, -0.15) is 4.37 Å². The van der Waals surface area contributed by atoms with Crippen molar-refractivity contribution < 1.29 is 4.39 Å². The number of hydrogen-bond donors (Lipinski definition) is 1. The summed E-state index contributed by atoms with van der Waals surface area (Å²) < 4.78 is 17.9. The Labute approximate surface area is 101 Å². The maximum atomic E-state index is 13.1. The molecule has 0 fully saturated rings. The summed E-state index contributed by atoms with van der Waals surface area (Å²) in [4.78, 5) is 5.10. The molecule has 0 spiro atoms. The molecule has 0 aliphatic heterocycles. The highest BCUT2D eigenvalue weighted by molar-refractivity contribution is 8.01. The van der Waals surface area contributed by atoms with Crippen molar-refractivity contribution in [1.29, 1.82) is 0 Å². The molecule has 0 saturated heterocycles. The van der Waals surface area contributed by atoms with Crippen molar-refractivity contribution >= 4 is 23.3 Å². The molecule has 2 aromatic rings. The third-order valence-electron chi connectivity index (χ3n) is 1.93. The van der Waals surface area contributed by atoms with Crippen molar-refractivity contribution in [2.45, 2.75) is 15.8 Å². The largest absolute Gasteiger partial charge is 0.316 e. The van der Waals surface area contributed by atoms with Gasteiger partial charge in [0.05, 0.1) is 0 Å². The SMILES string of the molecule is CNCc1cc(F)ccc1Sc1ncns1. The molecule has 0 saturated carbocycles. The molecule has 0 radical (unpaired) electrons. The number of benzene rings is 1. The highest BCUT2D eigenvalue weighted by Crippen LogP contribution is 2.31. The molecule has 2 rings (SSSR count). The summed E-state index contributed by atoms with van der Waals surface area (Å²) in [6, 6.07) is 4.77. The summed E-state index contributed by atoms with van der Waals surface area (Å²) in [5.74, 6) is -0.216. The normalized spacial score (nSPS) is 10.6. The van der Waals surface area contributed by atoms with Gasteiger partial charge in [-0.25, -0.2) is 9.37 Å². The van der Waals surface area contributed by atoms with Gasteiger partial charge in [0.1, 0.15) is 12.1 Å². The summed E-state index contributed by atoms with van der Waals surface area (Å²) in [7, 11) is 1.84. The van der Waals surface area contributed by atoms with E-state index in [1.165, 1.54) is 35.7 Å². The Kier molecular flexibility index (Phi) is 3.87. The lowest BCUT2D eigenvalue weighted by atomic mass is 10.2. The first-order valence-electron chi connectivity index (χ1n) is 4.67. The van der Waals surface area contributed by atoms with E-state index < -0.39 is 0 Å². The molecule has 0 unspecified atom stereocenters. The van der Waals surface area contributed by atoms with E-state index in [0.717, 1.165) is 14.8 Å². The van der Waals surface area contributed by atoms with Gasteiger partial charge in [0.2, 0.25) is 0 Å². The minimum Gasteiger partial charge on any atom is -0.316 e. The van der Waals surface area contributed by atoms with Crippen LogP contribution in [0.15, 0.2) is 33.8 Å². The number of nitrogens with one attached hydrogen (secondary N) is 1. The van der Waals surface area contributed by atoms with E-state index >= 15 is 0 Å². The number of halogens is 1. The third kappa shape index (κ3) is 2.78. The molecule has 0 aliphatic carbocycles. The Morgan fingerprint density at radius 2 is 2.38 bits per heavy atom. The van der Waals surface area contributed by atoms with Crippen LogP contribution >= 0.6 is 23.3 Å². The highest BCUT2D eigenvalue weighted by atomic mass is 32.2. The van der Waals surface area contributed by atoms with Crippen LogP contribution < -0.4 is 5.32 Å². The first kappa shape index (κ1) is 11.5. The Hall–Kier alpha value is -0.980. The highest BCUT2D eigenvalue weighted by Gasteiger charge is 2.07. The number of nitrogens with zero attached hydrogens (tertiary/aromatic N) is 2. The predicted molar refractivity (Wildman–Crippen MR) is 63.2 cm³/mol. The number of hydrogen-bond acceptors (Lipinski definition) is 5. The lowest BCUT2D eigenvalue weighted by Gasteiger charge is -2.06. The van der Waals surface area contributed by atoms with Gasteiger partial charge in [0.25, 0.3) is 0 Å². The summed E-state index contributed by atoms with van der Waals surface area (Å²) in [5, 5.41) is 3.02. The Morgan fingerprint density at radius 3 is 3.06 bits per heavy atom. The van der Waals surface area contributed by atoms with E-state index in [1.807, 2.05) is 7.05 Å². The fourth-order valence-electron chi connectivity index (χ4n) is 1.28. The fraction of sp³-hybridized carbons (Fsp3) is 0.200. The van der Waals surface area contributed by atoms with E-state index in [1.54, 1.807) is 12.1 Å². The van der Waals surface area contributed by atoms with E-state index in [2.05, 4.69) is 14.7 Å². The van der Waals surface area contributed by atoms with Crippen LogP contribution in [0.2, 0.25) is 0 Å². The molecule has 0 aliphatic rings. The molecule has 0 atom stereocenters. The minimum atomic E-state index is -0.216. The average Bonchev–Trinajstić information content (AvgIpc) is 2.75. The van der Waals surface area contributed by atoms with E-state index in [4.69, 9.17) is 0 Å². The average molecular weight is 255 g/mol. The molecule has 1 aromatic carbocycles. The molecule has 84 valence electrons. The molecule has 0 bridgehead atoms. The monoisotopic (exact) mass is 255 g/mol. The van der Waals surface area contributed by atoms with Gasteiger partial charge >= 0.3 is 0 Å². The molecule has 1 N–H and O–H groups in total. The van der Waals surface area contributed by atoms with E-state index in [9.17, 15) is 4.39 Å². The van der Waals surface area contributed by atoms with E-state index in [0.29, 0.717) is 6.54 Å². The van der Waals surface area contributed by atoms with Gasteiger partial charge in [-0.05, 0) is 42.3 Å². The lowest BCUT2D eigenvalue weighted by Crippen LogP contribution is -2.06. The van der Waals surface area contributed by atoms with Crippen LogP contribution in [-0.2, 0) is 6.54 Å². The van der Waals surface area contributed by atoms with Crippen molar-refractivity contribution in [3.63, 3.8) is 0 Å². The molecule has 6 heteroatoms. The number of aromatic nitrogens is 2. The molecular weight excluding hydrogens is 245 g/mol. The van der Waals surface area contributed by atoms with Crippen LogP contribution in [0.1, 0.15) is 5.56 Å². The van der Waals surface area contributed by atoms with Gasteiger partial charge in [0, 0.05) is 11.4 Å². The minimum absolute atomic E-state index is 0.216. The third-order valence-corrected chi connectivity index (χ3v) is 3.76. The second-order valence-corrected chi connectivity index (χ2v) is 5.16. The summed E-state index contributed by atoms with van der Waals surface area (Å²) in [6.45, 7) is 0.638. The van der Waals surface area contributed by atoms with Crippen LogP contribution in [0.5, 0.6) is 0 Å². The van der Waals surface area contributed by atoms with Crippen LogP contribution in [0.25, 0.3) is 0 Å². The summed E-state index contributed by atoms with van der Waals surface area (Å²) in [6.07, 6.45) is 1.52. The van der Waals surface area contributed by atoms with Crippen LogP contribution in [0, 0.1) is 5.82 Å². The number of rotatable bonds is 4. The maximum absolute atomic E-state index is 13.1. The zero-order valence-corrected chi connectivity index (χ0v) is 10.2. The maximum Gasteiger partial charge on any atom is 0.174 e. The zero-order chi connectivity index (χ0) is 11.4. The van der Waals surface area contributed by atoms with Crippen molar-refractivity contribution in [2.75, 3.05) is 7.05 Å². The van der Waals surface area contributed by atoms with Gasteiger partial charge in [-0.1, -0.05) is 11.8 Å². The Morgan fingerprint density at radius 1 is 1.50 bits per heavy atom. The first-order valence-corrected chi connectivity index (χ1v) is 6.26.